The van der Waals surface area contributed by atoms with Crippen LogP contribution in [-0.2, 0) is 19.2 Å². The van der Waals surface area contributed by atoms with E-state index >= 15 is 0 Å². The van der Waals surface area contributed by atoms with Gasteiger partial charge in [-0.25, -0.2) is 9.97 Å². The molecule has 4 rings (SSSR count). The summed E-state index contributed by atoms with van der Waals surface area (Å²) in [5.74, 6) is 0.340. The monoisotopic (exact) mass is 481 g/mol. The zero-order chi connectivity index (χ0) is 24.6. The highest BCUT2D eigenvalue weighted by Crippen LogP contribution is 2.26. The lowest BCUT2D eigenvalue weighted by Gasteiger charge is -2.15. The average molecular weight is 482 g/mol. The number of aliphatic hydroxyl groups is 2. The maximum atomic E-state index is 12.9. The van der Waals surface area contributed by atoms with E-state index in [-0.39, 0.29) is 5.56 Å². The lowest BCUT2D eigenvalue weighted by molar-refractivity contribution is 0.0687. The van der Waals surface area contributed by atoms with Crippen molar-refractivity contribution in [2.75, 3.05) is 11.9 Å². The van der Waals surface area contributed by atoms with Gasteiger partial charge in [0.25, 0.3) is 5.56 Å². The molecule has 0 unspecified atom stereocenters. The van der Waals surface area contributed by atoms with E-state index in [1.165, 1.54) is 0 Å². The average Bonchev–Trinajstić information content (AvgIpc) is 3.03. The van der Waals surface area contributed by atoms with Gasteiger partial charge in [-0.2, -0.15) is 0 Å². The molecule has 2 aromatic heterocycles. The molecule has 2 heterocycles. The van der Waals surface area contributed by atoms with Crippen LogP contribution in [0.25, 0.3) is 22.0 Å². The topological polar surface area (TPSA) is 105 Å². The number of hydrogen-bond donors (Lipinski definition) is 3. The van der Waals surface area contributed by atoms with Crippen molar-refractivity contribution < 1.29 is 10.2 Å². The minimum Gasteiger partial charge on any atom is -0.392 e. The Labute approximate surface area is 202 Å². The van der Waals surface area contributed by atoms with Crippen LogP contribution in [0, 0.1) is 0 Å². The Morgan fingerprint density at radius 2 is 1.82 bits per heavy atom. The van der Waals surface area contributed by atoms with Crippen LogP contribution in [0.4, 0.5) is 5.69 Å². The summed E-state index contributed by atoms with van der Waals surface area (Å²) in [6, 6.07) is 11.2. The predicted octanol–water partition coefficient (Wildman–Crippen LogP) is 3.52. The summed E-state index contributed by atoms with van der Waals surface area (Å²) in [5.41, 5.74) is 2.84. The number of rotatable bonds is 7. The van der Waals surface area contributed by atoms with Crippen molar-refractivity contribution in [2.24, 2.45) is 7.05 Å². The fraction of sp³-hybridized carbons (Fsp3) is 0.320. The van der Waals surface area contributed by atoms with Crippen LogP contribution in [0.5, 0.6) is 0 Å². The zero-order valence-electron chi connectivity index (χ0n) is 19.6. The van der Waals surface area contributed by atoms with Gasteiger partial charge in [0.1, 0.15) is 5.60 Å². The van der Waals surface area contributed by atoms with Crippen LogP contribution in [-0.4, -0.2) is 42.2 Å². The molecule has 8 nitrogen and oxygen atoms in total. The van der Waals surface area contributed by atoms with Crippen LogP contribution in [0.15, 0.2) is 53.6 Å². The molecule has 178 valence electrons. The third kappa shape index (κ3) is 4.84. The molecule has 0 radical (unpaired) electrons. The number of benzene rings is 2. The number of nitrogens with one attached hydrogen (secondary N) is 1. The highest BCUT2D eigenvalue weighted by Gasteiger charge is 2.19. The van der Waals surface area contributed by atoms with Crippen molar-refractivity contribution >= 4 is 28.2 Å². The second-order valence-corrected chi connectivity index (χ2v) is 9.42. The van der Waals surface area contributed by atoms with E-state index in [2.05, 4.69) is 15.3 Å². The summed E-state index contributed by atoms with van der Waals surface area (Å²) in [6.45, 7) is 5.79. The normalized spacial score (nSPS) is 12.8. The minimum absolute atomic E-state index is 0.102. The molecule has 1 atom stereocenters. The SMILES string of the molecule is C[C@@H](O)CNc1ccc(Cl)c(Cn2c3cc(-c4cnc(C(C)(C)O)nc4)ccc3c(=O)n2C)c1. The van der Waals surface area contributed by atoms with Gasteiger partial charge < -0.3 is 15.5 Å². The number of hydrogen-bond acceptors (Lipinski definition) is 6. The van der Waals surface area contributed by atoms with Crippen LogP contribution >= 0.6 is 11.6 Å². The quantitative estimate of drug-likeness (QED) is 0.373. The Balaban J connectivity index is 1.73. The van der Waals surface area contributed by atoms with Crippen LogP contribution in [0.2, 0.25) is 5.02 Å². The Bertz CT molecular complexity index is 1380. The molecular formula is C25H28ClN5O3. The van der Waals surface area contributed by atoms with Crippen molar-refractivity contribution in [1.82, 2.24) is 19.3 Å². The van der Waals surface area contributed by atoms with E-state index in [0.717, 1.165) is 27.9 Å². The highest BCUT2D eigenvalue weighted by molar-refractivity contribution is 6.31. The number of aromatic nitrogens is 4. The van der Waals surface area contributed by atoms with Gasteiger partial charge in [-0.1, -0.05) is 17.7 Å². The molecule has 4 aromatic rings. The van der Waals surface area contributed by atoms with Gasteiger partial charge in [0.15, 0.2) is 5.82 Å². The van der Waals surface area contributed by atoms with Crippen molar-refractivity contribution in [3.8, 4) is 11.1 Å². The molecular weight excluding hydrogens is 454 g/mol. The van der Waals surface area contributed by atoms with Crippen molar-refractivity contribution in [3.05, 3.63) is 75.6 Å². The standard InChI is InChI=1S/C25H28ClN5O3/c1-15(32)11-27-19-6-8-21(26)17(9-19)14-31-22-10-16(5-7-20(22)23(33)30(31)4)18-12-28-24(29-13-18)25(2,3)34/h5-10,12-13,15,27,32,34H,11,14H2,1-4H3/t15-/m1/s1. The smallest absolute Gasteiger partial charge is 0.274 e. The van der Waals surface area contributed by atoms with E-state index < -0.39 is 11.7 Å². The number of halogens is 1. The maximum absolute atomic E-state index is 12.9. The molecule has 0 saturated carbocycles. The fourth-order valence-electron chi connectivity index (χ4n) is 3.77. The van der Waals surface area contributed by atoms with E-state index in [4.69, 9.17) is 11.6 Å². The lowest BCUT2D eigenvalue weighted by atomic mass is 10.1. The summed E-state index contributed by atoms with van der Waals surface area (Å²) in [5, 5.41) is 24.0. The molecule has 0 spiro atoms. The van der Waals surface area contributed by atoms with E-state index in [0.29, 0.717) is 29.3 Å². The Morgan fingerprint density at radius 3 is 2.47 bits per heavy atom. The van der Waals surface area contributed by atoms with E-state index in [1.807, 2.05) is 28.9 Å². The van der Waals surface area contributed by atoms with Crippen molar-refractivity contribution in [1.29, 1.82) is 0 Å². The molecule has 0 amide bonds. The molecule has 0 bridgehead atoms. The first-order chi connectivity index (χ1) is 16.0. The second-order valence-electron chi connectivity index (χ2n) is 9.01. The first-order valence-electron chi connectivity index (χ1n) is 11.0. The van der Waals surface area contributed by atoms with E-state index in [9.17, 15) is 15.0 Å². The Morgan fingerprint density at radius 1 is 1.12 bits per heavy atom. The van der Waals surface area contributed by atoms with Crippen LogP contribution in [0.3, 0.4) is 0 Å². The van der Waals surface area contributed by atoms with Crippen LogP contribution < -0.4 is 10.9 Å². The van der Waals surface area contributed by atoms with E-state index in [1.54, 1.807) is 57.0 Å². The summed E-state index contributed by atoms with van der Waals surface area (Å²) < 4.78 is 3.46. The Kier molecular flexibility index (Phi) is 6.49. The number of anilines is 1. The summed E-state index contributed by atoms with van der Waals surface area (Å²) in [6.07, 6.45) is 2.86. The van der Waals surface area contributed by atoms with Crippen LogP contribution in [0.1, 0.15) is 32.2 Å². The first kappa shape index (κ1) is 23.9. The summed E-state index contributed by atoms with van der Waals surface area (Å²) >= 11 is 6.48. The fourth-order valence-corrected chi connectivity index (χ4v) is 3.95. The lowest BCUT2D eigenvalue weighted by Crippen LogP contribution is -2.20. The summed E-state index contributed by atoms with van der Waals surface area (Å²) in [7, 11) is 1.73. The van der Waals surface area contributed by atoms with Crippen molar-refractivity contribution in [3.63, 3.8) is 0 Å². The summed E-state index contributed by atoms with van der Waals surface area (Å²) in [4.78, 5) is 21.5. The molecule has 0 aliphatic carbocycles. The van der Waals surface area contributed by atoms with Gasteiger partial charge >= 0.3 is 0 Å². The number of fused-ring (bicyclic) bond motifs is 1. The second kappa shape index (κ2) is 9.21. The highest BCUT2D eigenvalue weighted by atomic mass is 35.5. The van der Waals surface area contributed by atoms with Gasteiger partial charge in [0.05, 0.1) is 23.6 Å². The molecule has 0 fully saturated rings. The third-order valence-electron chi connectivity index (χ3n) is 5.66. The molecule has 9 heteroatoms. The van der Waals surface area contributed by atoms with Gasteiger partial charge in [0.2, 0.25) is 0 Å². The number of nitrogens with zero attached hydrogens (tertiary/aromatic N) is 4. The molecule has 2 aromatic carbocycles. The van der Waals surface area contributed by atoms with Gasteiger partial charge in [0, 0.05) is 42.3 Å². The van der Waals surface area contributed by atoms with Gasteiger partial charge in [-0.15, -0.1) is 0 Å². The van der Waals surface area contributed by atoms with Crippen molar-refractivity contribution in [2.45, 2.75) is 39.0 Å². The molecule has 0 saturated heterocycles. The largest absolute Gasteiger partial charge is 0.392 e. The maximum Gasteiger partial charge on any atom is 0.274 e. The minimum atomic E-state index is -1.12. The molecule has 0 aliphatic heterocycles. The first-order valence-corrected chi connectivity index (χ1v) is 11.4. The van der Waals surface area contributed by atoms with Gasteiger partial charge in [-0.05, 0) is 62.2 Å². The third-order valence-corrected chi connectivity index (χ3v) is 6.03. The Hall–Kier alpha value is -3.20. The molecule has 0 aliphatic rings. The predicted molar refractivity (Wildman–Crippen MR) is 134 cm³/mol. The number of aliphatic hydroxyl groups excluding tert-OH is 1. The molecule has 3 N–H and O–H groups in total. The van der Waals surface area contributed by atoms with Gasteiger partial charge in [-0.3, -0.25) is 14.2 Å². The zero-order valence-corrected chi connectivity index (χ0v) is 20.3. The molecule has 34 heavy (non-hydrogen) atoms.